The highest BCUT2D eigenvalue weighted by Crippen LogP contribution is 2.21. The molecule has 0 spiro atoms. The largest absolute Gasteiger partial charge is 0.494 e. The number of piperazine rings is 1. The summed E-state index contributed by atoms with van der Waals surface area (Å²) in [5.74, 6) is 0.678. The molecule has 1 atom stereocenters. The van der Waals surface area contributed by atoms with Crippen LogP contribution < -0.4 is 4.74 Å². The minimum absolute atomic E-state index is 0.223. The summed E-state index contributed by atoms with van der Waals surface area (Å²) in [6.07, 6.45) is 2.00. The van der Waals surface area contributed by atoms with E-state index >= 15 is 0 Å². The Hall–Kier alpha value is -1.17. The van der Waals surface area contributed by atoms with Gasteiger partial charge in [-0.1, -0.05) is 19.9 Å². The lowest BCUT2D eigenvalue weighted by molar-refractivity contribution is 0.0523. The van der Waals surface area contributed by atoms with Crippen molar-refractivity contribution in [1.82, 2.24) is 9.80 Å². The number of ether oxygens (including phenoxy) is 1. The molecular weight excluding hydrogens is 307 g/mol. The van der Waals surface area contributed by atoms with E-state index in [1.807, 2.05) is 6.07 Å². The van der Waals surface area contributed by atoms with E-state index < -0.39 is 0 Å². The van der Waals surface area contributed by atoms with Gasteiger partial charge in [0.1, 0.15) is 0 Å². The molecule has 5 heteroatoms. The number of nitrogens with zero attached hydrogens (tertiary/aromatic N) is 2. The Balaban J connectivity index is 1.95. The van der Waals surface area contributed by atoms with E-state index in [0.29, 0.717) is 17.7 Å². The van der Waals surface area contributed by atoms with E-state index in [9.17, 15) is 9.50 Å². The second-order valence-electron chi connectivity index (χ2n) is 7.09. The van der Waals surface area contributed by atoms with Gasteiger partial charge in [-0.05, 0) is 43.0 Å². The van der Waals surface area contributed by atoms with Gasteiger partial charge < -0.3 is 9.84 Å². The van der Waals surface area contributed by atoms with Gasteiger partial charge in [-0.2, -0.15) is 0 Å². The third-order valence-electron chi connectivity index (χ3n) is 4.77. The quantitative estimate of drug-likeness (QED) is 0.791. The first kappa shape index (κ1) is 19.2. The number of aliphatic hydroxyl groups is 1. The molecule has 0 aliphatic carbocycles. The van der Waals surface area contributed by atoms with Crippen LogP contribution in [0, 0.1) is 11.7 Å². The molecule has 1 aromatic rings. The second-order valence-corrected chi connectivity index (χ2v) is 7.09. The number of methoxy groups -OCH3 is 1. The normalized spacial score (nSPS) is 19.8. The van der Waals surface area contributed by atoms with Gasteiger partial charge in [0, 0.05) is 38.8 Å². The van der Waals surface area contributed by atoms with Crippen molar-refractivity contribution < 1.29 is 14.2 Å². The maximum absolute atomic E-state index is 13.5. The van der Waals surface area contributed by atoms with E-state index in [0.717, 1.165) is 44.7 Å². The Labute approximate surface area is 145 Å². The van der Waals surface area contributed by atoms with E-state index in [1.54, 1.807) is 6.07 Å². The summed E-state index contributed by atoms with van der Waals surface area (Å²) in [7, 11) is 1.49. The lowest BCUT2D eigenvalue weighted by atomic mass is 10.0. The summed E-state index contributed by atoms with van der Waals surface area (Å²) in [5, 5.41) is 9.39. The van der Waals surface area contributed by atoms with Crippen molar-refractivity contribution in [3.63, 3.8) is 0 Å². The second kappa shape index (κ2) is 9.35. The molecule has 0 bridgehead atoms. The van der Waals surface area contributed by atoms with Crippen molar-refractivity contribution in [1.29, 1.82) is 0 Å². The fraction of sp³-hybridized carbons (Fsp3) is 0.684. The SMILES string of the molecule is COc1cc(CN2CCN(CCC(C)C)[C@H](CCO)C2)ccc1F. The molecule has 0 saturated carbocycles. The van der Waals surface area contributed by atoms with Gasteiger partial charge in [-0.15, -0.1) is 0 Å². The number of benzene rings is 1. The highest BCUT2D eigenvalue weighted by Gasteiger charge is 2.26. The van der Waals surface area contributed by atoms with Gasteiger partial charge in [0.05, 0.1) is 7.11 Å². The maximum Gasteiger partial charge on any atom is 0.165 e. The van der Waals surface area contributed by atoms with Gasteiger partial charge in [0.2, 0.25) is 0 Å². The molecule has 0 aromatic heterocycles. The maximum atomic E-state index is 13.5. The predicted octanol–water partition coefficient (Wildman–Crippen LogP) is 2.75. The van der Waals surface area contributed by atoms with Crippen molar-refractivity contribution in [2.24, 2.45) is 5.92 Å². The van der Waals surface area contributed by atoms with Crippen LogP contribution >= 0.6 is 0 Å². The smallest absolute Gasteiger partial charge is 0.165 e. The van der Waals surface area contributed by atoms with Crippen molar-refractivity contribution in [2.75, 3.05) is 39.9 Å². The van der Waals surface area contributed by atoms with Crippen LogP contribution in [0.25, 0.3) is 0 Å². The Kier molecular flexibility index (Phi) is 7.46. The molecule has 0 radical (unpaired) electrons. The van der Waals surface area contributed by atoms with Crippen LogP contribution in [0.1, 0.15) is 32.3 Å². The molecule has 1 aliphatic rings. The molecule has 1 saturated heterocycles. The third-order valence-corrected chi connectivity index (χ3v) is 4.77. The highest BCUT2D eigenvalue weighted by atomic mass is 19.1. The molecular formula is C19H31FN2O2. The van der Waals surface area contributed by atoms with Gasteiger partial charge in [0.25, 0.3) is 0 Å². The first-order valence-corrected chi connectivity index (χ1v) is 8.93. The monoisotopic (exact) mass is 338 g/mol. The van der Waals surface area contributed by atoms with Crippen LogP contribution in [0.5, 0.6) is 5.75 Å². The number of aliphatic hydroxyl groups excluding tert-OH is 1. The van der Waals surface area contributed by atoms with Crippen molar-refractivity contribution in [3.8, 4) is 5.75 Å². The minimum atomic E-state index is -0.321. The number of halogens is 1. The lowest BCUT2D eigenvalue weighted by Crippen LogP contribution is -2.53. The van der Waals surface area contributed by atoms with Crippen molar-refractivity contribution in [2.45, 2.75) is 39.3 Å². The first-order valence-electron chi connectivity index (χ1n) is 8.93. The Bertz CT molecular complexity index is 510. The summed E-state index contributed by atoms with van der Waals surface area (Å²) in [5.41, 5.74) is 1.06. The molecule has 136 valence electrons. The zero-order chi connectivity index (χ0) is 17.5. The van der Waals surface area contributed by atoms with E-state index in [4.69, 9.17) is 4.74 Å². The van der Waals surface area contributed by atoms with E-state index in [2.05, 4.69) is 23.6 Å². The standard InChI is InChI=1S/C19H31FN2O2/c1-15(2)6-8-22-10-9-21(14-17(22)7-11-23)13-16-4-5-18(20)19(12-16)24-3/h4-5,12,15,17,23H,6-11,13-14H2,1-3H3/t17-/m1/s1. The summed E-state index contributed by atoms with van der Waals surface area (Å²) < 4.78 is 18.6. The third kappa shape index (κ3) is 5.43. The molecule has 4 nitrogen and oxygen atoms in total. The van der Waals surface area contributed by atoms with Gasteiger partial charge >= 0.3 is 0 Å². The Morgan fingerprint density at radius 2 is 2.12 bits per heavy atom. The highest BCUT2D eigenvalue weighted by molar-refractivity contribution is 5.30. The number of hydrogen-bond donors (Lipinski definition) is 1. The van der Waals surface area contributed by atoms with Crippen LogP contribution in [0.15, 0.2) is 18.2 Å². The lowest BCUT2D eigenvalue weighted by Gasteiger charge is -2.41. The van der Waals surface area contributed by atoms with Gasteiger partial charge in [-0.3, -0.25) is 9.80 Å². The topological polar surface area (TPSA) is 35.9 Å². The minimum Gasteiger partial charge on any atom is -0.494 e. The molecule has 1 aromatic carbocycles. The van der Waals surface area contributed by atoms with Crippen LogP contribution in [0.3, 0.4) is 0 Å². The molecule has 1 N–H and O–H groups in total. The number of rotatable bonds is 8. The van der Waals surface area contributed by atoms with Crippen LogP contribution in [-0.2, 0) is 6.54 Å². The molecule has 2 rings (SSSR count). The first-order chi connectivity index (χ1) is 11.5. The summed E-state index contributed by atoms with van der Waals surface area (Å²) >= 11 is 0. The van der Waals surface area contributed by atoms with E-state index in [1.165, 1.54) is 19.6 Å². The Morgan fingerprint density at radius 1 is 1.33 bits per heavy atom. The van der Waals surface area contributed by atoms with Crippen molar-refractivity contribution >= 4 is 0 Å². The van der Waals surface area contributed by atoms with Gasteiger partial charge in [-0.25, -0.2) is 4.39 Å². The van der Waals surface area contributed by atoms with Crippen molar-refractivity contribution in [3.05, 3.63) is 29.6 Å². The zero-order valence-electron chi connectivity index (χ0n) is 15.2. The number of hydrogen-bond acceptors (Lipinski definition) is 4. The molecule has 1 heterocycles. The molecule has 1 aliphatic heterocycles. The average molecular weight is 338 g/mol. The molecule has 24 heavy (non-hydrogen) atoms. The summed E-state index contributed by atoms with van der Waals surface area (Å²) in [4.78, 5) is 4.90. The zero-order valence-corrected chi connectivity index (χ0v) is 15.2. The predicted molar refractivity (Wildman–Crippen MR) is 94.7 cm³/mol. The van der Waals surface area contributed by atoms with Crippen LogP contribution in [0.2, 0.25) is 0 Å². The fourth-order valence-electron chi connectivity index (χ4n) is 3.30. The van der Waals surface area contributed by atoms with Crippen LogP contribution in [0.4, 0.5) is 4.39 Å². The molecule has 0 amide bonds. The van der Waals surface area contributed by atoms with E-state index in [-0.39, 0.29) is 12.4 Å². The molecule has 1 fully saturated rings. The summed E-state index contributed by atoms with van der Waals surface area (Å²) in [6.45, 7) is 9.57. The fourth-order valence-corrected chi connectivity index (χ4v) is 3.30. The molecule has 0 unspecified atom stereocenters. The average Bonchev–Trinajstić information content (AvgIpc) is 2.56. The van der Waals surface area contributed by atoms with Gasteiger partial charge in [0.15, 0.2) is 11.6 Å². The van der Waals surface area contributed by atoms with Crippen LogP contribution in [-0.4, -0.2) is 60.8 Å². The summed E-state index contributed by atoms with van der Waals surface area (Å²) in [6, 6.07) is 5.47. The Morgan fingerprint density at radius 3 is 2.79 bits per heavy atom.